The SMILES string of the molecule is CC1=C(/C(C)=C\NC=O)CN(C(=O)OC(C)(C)C)CC1. The molecule has 1 rings (SSSR count). The van der Waals surface area contributed by atoms with Gasteiger partial charge in [0.05, 0.1) is 0 Å². The molecule has 0 aromatic carbocycles. The Labute approximate surface area is 120 Å². The van der Waals surface area contributed by atoms with Crippen molar-refractivity contribution in [3.8, 4) is 0 Å². The first-order valence-electron chi connectivity index (χ1n) is 6.78. The Morgan fingerprint density at radius 2 is 2.05 bits per heavy atom. The summed E-state index contributed by atoms with van der Waals surface area (Å²) in [5, 5.41) is 2.54. The van der Waals surface area contributed by atoms with E-state index >= 15 is 0 Å². The molecule has 0 aromatic rings. The highest BCUT2D eigenvalue weighted by Gasteiger charge is 2.26. The second-order valence-corrected chi connectivity index (χ2v) is 6.02. The van der Waals surface area contributed by atoms with Gasteiger partial charge in [0.1, 0.15) is 5.60 Å². The maximum absolute atomic E-state index is 12.1. The predicted molar refractivity (Wildman–Crippen MR) is 78.1 cm³/mol. The lowest BCUT2D eigenvalue weighted by molar-refractivity contribution is -0.108. The third-order valence-corrected chi connectivity index (χ3v) is 3.12. The highest BCUT2D eigenvalue weighted by Crippen LogP contribution is 2.24. The number of ether oxygens (including phenoxy) is 1. The maximum atomic E-state index is 12.1. The fourth-order valence-corrected chi connectivity index (χ4v) is 2.05. The van der Waals surface area contributed by atoms with E-state index in [4.69, 9.17) is 4.74 Å². The van der Waals surface area contributed by atoms with Crippen molar-refractivity contribution in [3.63, 3.8) is 0 Å². The summed E-state index contributed by atoms with van der Waals surface area (Å²) in [6.07, 6.45) is 2.82. The fraction of sp³-hybridized carbons (Fsp3) is 0.600. The highest BCUT2D eigenvalue weighted by atomic mass is 16.6. The first kappa shape index (κ1) is 16.3. The molecule has 0 saturated heterocycles. The zero-order valence-electron chi connectivity index (χ0n) is 12.9. The minimum Gasteiger partial charge on any atom is -0.444 e. The topological polar surface area (TPSA) is 58.6 Å². The lowest BCUT2D eigenvalue weighted by Gasteiger charge is -2.32. The van der Waals surface area contributed by atoms with E-state index in [1.54, 1.807) is 11.1 Å². The summed E-state index contributed by atoms with van der Waals surface area (Å²) in [6.45, 7) is 10.7. The van der Waals surface area contributed by atoms with Crippen LogP contribution >= 0.6 is 0 Å². The van der Waals surface area contributed by atoms with Crippen LogP contribution in [-0.4, -0.2) is 36.1 Å². The molecule has 2 amide bonds. The van der Waals surface area contributed by atoms with Crippen LogP contribution in [0.2, 0.25) is 0 Å². The molecule has 0 bridgehead atoms. The maximum Gasteiger partial charge on any atom is 0.410 e. The van der Waals surface area contributed by atoms with E-state index in [0.29, 0.717) is 19.5 Å². The molecule has 0 radical (unpaired) electrons. The second-order valence-electron chi connectivity index (χ2n) is 6.02. The Morgan fingerprint density at radius 3 is 2.60 bits per heavy atom. The number of amides is 2. The number of hydrogen-bond donors (Lipinski definition) is 1. The first-order valence-corrected chi connectivity index (χ1v) is 6.78. The number of nitrogens with one attached hydrogen (secondary N) is 1. The molecular weight excluding hydrogens is 256 g/mol. The van der Waals surface area contributed by atoms with E-state index in [2.05, 4.69) is 12.2 Å². The monoisotopic (exact) mass is 280 g/mol. The van der Waals surface area contributed by atoms with Gasteiger partial charge < -0.3 is 15.0 Å². The van der Waals surface area contributed by atoms with Gasteiger partial charge in [0.25, 0.3) is 0 Å². The van der Waals surface area contributed by atoms with E-state index in [1.165, 1.54) is 5.57 Å². The average molecular weight is 280 g/mol. The van der Waals surface area contributed by atoms with Gasteiger partial charge in [-0.15, -0.1) is 0 Å². The van der Waals surface area contributed by atoms with Crippen LogP contribution in [0.1, 0.15) is 41.0 Å². The molecule has 5 heteroatoms. The van der Waals surface area contributed by atoms with Gasteiger partial charge >= 0.3 is 6.09 Å². The Balaban J connectivity index is 2.79. The number of carbonyl (C=O) groups excluding carboxylic acids is 2. The number of rotatable bonds is 3. The van der Waals surface area contributed by atoms with Crippen LogP contribution in [0.25, 0.3) is 0 Å². The van der Waals surface area contributed by atoms with E-state index in [9.17, 15) is 9.59 Å². The molecule has 1 aliphatic heterocycles. The smallest absolute Gasteiger partial charge is 0.410 e. The van der Waals surface area contributed by atoms with Crippen molar-refractivity contribution in [1.82, 2.24) is 10.2 Å². The number of hydrogen-bond acceptors (Lipinski definition) is 3. The summed E-state index contributed by atoms with van der Waals surface area (Å²) in [5.74, 6) is 0. The van der Waals surface area contributed by atoms with Gasteiger partial charge in [-0.05, 0) is 52.2 Å². The quantitative estimate of drug-likeness (QED) is 0.808. The molecule has 1 aliphatic rings. The number of nitrogens with zero attached hydrogens (tertiary/aromatic N) is 1. The van der Waals surface area contributed by atoms with Crippen molar-refractivity contribution in [2.45, 2.75) is 46.6 Å². The Bertz CT molecular complexity index is 445. The van der Waals surface area contributed by atoms with Crippen molar-refractivity contribution >= 4 is 12.5 Å². The predicted octanol–water partition coefficient (Wildman–Crippen LogP) is 2.59. The summed E-state index contributed by atoms with van der Waals surface area (Å²) < 4.78 is 5.39. The second kappa shape index (κ2) is 6.59. The summed E-state index contributed by atoms with van der Waals surface area (Å²) >= 11 is 0. The lowest BCUT2D eigenvalue weighted by Crippen LogP contribution is -2.40. The summed E-state index contributed by atoms with van der Waals surface area (Å²) in [5.41, 5.74) is 2.79. The van der Waals surface area contributed by atoms with Crippen molar-refractivity contribution in [3.05, 3.63) is 22.9 Å². The standard InChI is InChI=1S/C15H24N2O3/c1-11-6-7-17(14(19)20-15(3,4)5)9-13(11)12(2)8-16-10-18/h8,10H,6-7,9H2,1-5H3,(H,16,18)/b12-8-. The minimum absolute atomic E-state index is 0.293. The Morgan fingerprint density at radius 1 is 1.40 bits per heavy atom. The Kier molecular flexibility index (Phi) is 5.36. The normalized spacial score (nSPS) is 17.1. The molecule has 5 nitrogen and oxygen atoms in total. The Hall–Kier alpha value is -1.78. The molecule has 1 heterocycles. The molecule has 20 heavy (non-hydrogen) atoms. The summed E-state index contributed by atoms with van der Waals surface area (Å²) in [4.78, 5) is 24.1. The van der Waals surface area contributed by atoms with E-state index in [0.717, 1.165) is 17.6 Å². The van der Waals surface area contributed by atoms with Gasteiger partial charge in [-0.25, -0.2) is 4.79 Å². The molecule has 0 spiro atoms. The minimum atomic E-state index is -0.489. The fourth-order valence-electron chi connectivity index (χ4n) is 2.05. The van der Waals surface area contributed by atoms with Crippen molar-refractivity contribution in [2.24, 2.45) is 0 Å². The lowest BCUT2D eigenvalue weighted by atomic mass is 9.96. The van der Waals surface area contributed by atoms with Crippen LogP contribution in [0.5, 0.6) is 0 Å². The number of carbonyl (C=O) groups is 2. The molecule has 0 unspecified atom stereocenters. The third-order valence-electron chi connectivity index (χ3n) is 3.12. The van der Waals surface area contributed by atoms with Crippen LogP contribution < -0.4 is 5.32 Å². The zero-order valence-corrected chi connectivity index (χ0v) is 12.9. The van der Waals surface area contributed by atoms with Gasteiger partial charge in [-0.1, -0.05) is 5.57 Å². The molecule has 1 N–H and O–H groups in total. The van der Waals surface area contributed by atoms with Crippen LogP contribution in [0, 0.1) is 0 Å². The van der Waals surface area contributed by atoms with Crippen LogP contribution in [0.15, 0.2) is 22.9 Å². The average Bonchev–Trinajstić information content (AvgIpc) is 2.34. The molecule has 0 aromatic heterocycles. The van der Waals surface area contributed by atoms with Crippen molar-refractivity contribution < 1.29 is 14.3 Å². The van der Waals surface area contributed by atoms with E-state index < -0.39 is 5.60 Å². The molecular formula is C15H24N2O3. The van der Waals surface area contributed by atoms with Gasteiger partial charge in [-0.2, -0.15) is 0 Å². The van der Waals surface area contributed by atoms with Gasteiger partial charge in [-0.3, -0.25) is 4.79 Å². The molecule has 0 atom stereocenters. The highest BCUT2D eigenvalue weighted by molar-refractivity contribution is 5.69. The molecule has 0 saturated carbocycles. The van der Waals surface area contributed by atoms with Crippen molar-refractivity contribution in [1.29, 1.82) is 0 Å². The molecule has 0 fully saturated rings. The first-order chi connectivity index (χ1) is 9.24. The molecule has 112 valence electrons. The summed E-state index contributed by atoms with van der Waals surface area (Å²) in [7, 11) is 0. The van der Waals surface area contributed by atoms with Gasteiger partial charge in [0.2, 0.25) is 6.41 Å². The van der Waals surface area contributed by atoms with Gasteiger partial charge in [0.15, 0.2) is 0 Å². The zero-order chi connectivity index (χ0) is 15.3. The largest absolute Gasteiger partial charge is 0.444 e. The van der Waals surface area contributed by atoms with E-state index in [1.807, 2.05) is 27.7 Å². The van der Waals surface area contributed by atoms with Crippen LogP contribution in [0.3, 0.4) is 0 Å². The van der Waals surface area contributed by atoms with Crippen LogP contribution in [0.4, 0.5) is 4.79 Å². The third kappa shape index (κ3) is 4.72. The van der Waals surface area contributed by atoms with E-state index in [-0.39, 0.29) is 6.09 Å². The molecule has 0 aliphatic carbocycles. The van der Waals surface area contributed by atoms with Crippen LogP contribution in [-0.2, 0) is 9.53 Å². The summed E-state index contributed by atoms with van der Waals surface area (Å²) in [6, 6.07) is 0. The van der Waals surface area contributed by atoms with Crippen molar-refractivity contribution in [2.75, 3.05) is 13.1 Å². The van der Waals surface area contributed by atoms with Gasteiger partial charge in [0, 0.05) is 19.3 Å².